The molecule has 1 amide bonds. The Hall–Kier alpha value is -2.77. The van der Waals surface area contributed by atoms with Gasteiger partial charge in [-0.3, -0.25) is 4.79 Å². The number of anilines is 2. The Kier molecular flexibility index (Phi) is 7.50. The third kappa shape index (κ3) is 5.72. The molecule has 0 radical (unpaired) electrons. The fraction of sp³-hybridized carbons (Fsp3) is 0.360. The van der Waals surface area contributed by atoms with Crippen LogP contribution in [0.1, 0.15) is 24.7 Å². The number of hydrogen-bond acceptors (Lipinski definition) is 5. The van der Waals surface area contributed by atoms with Gasteiger partial charge in [0.25, 0.3) is 0 Å². The van der Waals surface area contributed by atoms with Gasteiger partial charge in [0, 0.05) is 37.2 Å². The minimum atomic E-state index is 0.281. The Morgan fingerprint density at radius 3 is 2.47 bits per heavy atom. The fourth-order valence-electron chi connectivity index (χ4n) is 3.69. The molecule has 168 valence electrons. The zero-order chi connectivity index (χ0) is 22.3. The number of aliphatic imine (C=N–C) groups is 1. The number of hydrogen-bond donors (Lipinski definition) is 1. The van der Waals surface area contributed by atoms with Crippen LogP contribution in [0.2, 0.25) is 0 Å². The third-order valence-corrected chi connectivity index (χ3v) is 6.71. The number of carbonyl (C=O) groups excluding carboxylic acids is 1. The van der Waals surface area contributed by atoms with E-state index >= 15 is 0 Å². The molecule has 1 unspecified atom stereocenters. The van der Waals surface area contributed by atoms with E-state index in [9.17, 15) is 4.79 Å². The first-order chi connectivity index (χ1) is 15.6. The molecule has 0 aliphatic carbocycles. The summed E-state index contributed by atoms with van der Waals surface area (Å²) >= 11 is 1.78. The smallest absolute Gasteiger partial charge is 0.211 e. The number of amides is 1. The van der Waals surface area contributed by atoms with Crippen molar-refractivity contribution in [3.8, 4) is 0 Å². The Bertz CT molecular complexity index is 951. The van der Waals surface area contributed by atoms with Crippen molar-refractivity contribution in [1.82, 2.24) is 4.90 Å². The second-order valence-electron chi connectivity index (χ2n) is 8.24. The summed E-state index contributed by atoms with van der Waals surface area (Å²) in [5.41, 5.74) is 4.20. The molecule has 7 heteroatoms. The molecule has 1 atom stereocenters. The molecule has 6 nitrogen and oxygen atoms in total. The highest BCUT2D eigenvalue weighted by Gasteiger charge is 2.29. The van der Waals surface area contributed by atoms with Crippen molar-refractivity contribution in [2.45, 2.75) is 19.1 Å². The number of allylic oxidation sites excluding steroid dienone is 1. The zero-order valence-electron chi connectivity index (χ0n) is 18.6. The Balaban J connectivity index is 1.52. The Labute approximate surface area is 194 Å². The van der Waals surface area contributed by atoms with Crippen LogP contribution in [0.4, 0.5) is 17.1 Å². The second-order valence-corrected chi connectivity index (χ2v) is 9.41. The largest absolute Gasteiger partial charge is 0.378 e. The van der Waals surface area contributed by atoms with Gasteiger partial charge in [-0.2, -0.15) is 0 Å². The molecular formula is C25H30N4O2S. The van der Waals surface area contributed by atoms with Crippen LogP contribution in [0.5, 0.6) is 0 Å². The molecule has 2 saturated heterocycles. The zero-order valence-corrected chi connectivity index (χ0v) is 19.4. The van der Waals surface area contributed by atoms with Crippen LogP contribution in [0.3, 0.4) is 0 Å². The quantitative estimate of drug-likeness (QED) is 0.599. The van der Waals surface area contributed by atoms with Crippen LogP contribution in [-0.2, 0) is 9.53 Å². The van der Waals surface area contributed by atoms with Crippen molar-refractivity contribution in [2.24, 2.45) is 10.9 Å². The van der Waals surface area contributed by atoms with Crippen molar-refractivity contribution in [3.63, 3.8) is 0 Å². The van der Waals surface area contributed by atoms with Crippen molar-refractivity contribution in [3.05, 3.63) is 66.4 Å². The van der Waals surface area contributed by atoms with Gasteiger partial charge in [-0.15, -0.1) is 0 Å². The summed E-state index contributed by atoms with van der Waals surface area (Å²) in [6.07, 6.45) is 5.06. The maximum Gasteiger partial charge on any atom is 0.211 e. The van der Waals surface area contributed by atoms with Crippen LogP contribution in [-0.4, -0.2) is 49.3 Å². The lowest BCUT2D eigenvalue weighted by atomic mass is 10.1. The van der Waals surface area contributed by atoms with Crippen LogP contribution in [0.25, 0.3) is 0 Å². The number of ether oxygens (including phenoxy) is 1. The summed E-state index contributed by atoms with van der Waals surface area (Å²) in [6.45, 7) is 8.64. The van der Waals surface area contributed by atoms with E-state index < -0.39 is 0 Å². The molecule has 2 aliphatic rings. The maximum absolute atomic E-state index is 10.7. The van der Waals surface area contributed by atoms with Crippen LogP contribution >= 0.6 is 11.8 Å². The van der Waals surface area contributed by atoms with Crippen LogP contribution in [0.15, 0.2) is 65.8 Å². The molecule has 0 aromatic heterocycles. The molecule has 0 saturated carbocycles. The summed E-state index contributed by atoms with van der Waals surface area (Å²) < 4.78 is 5.45. The van der Waals surface area contributed by atoms with Gasteiger partial charge in [-0.25, -0.2) is 4.99 Å². The lowest BCUT2D eigenvalue weighted by Gasteiger charge is -2.28. The summed E-state index contributed by atoms with van der Waals surface area (Å²) in [6, 6.07) is 16.5. The topological polar surface area (TPSA) is 57.2 Å². The molecule has 1 N–H and O–H groups in total. The average molecular weight is 451 g/mol. The Morgan fingerprint density at radius 2 is 1.81 bits per heavy atom. The van der Waals surface area contributed by atoms with Gasteiger partial charge in [0.15, 0.2) is 5.17 Å². The van der Waals surface area contributed by atoms with Crippen molar-refractivity contribution >= 4 is 40.4 Å². The summed E-state index contributed by atoms with van der Waals surface area (Å²) in [5.74, 6) is 0.474. The second kappa shape index (κ2) is 10.7. The minimum absolute atomic E-state index is 0.281. The van der Waals surface area contributed by atoms with Crippen molar-refractivity contribution in [1.29, 1.82) is 0 Å². The standard InChI is InChI=1S/C25H30N4O2S/c1-19(2)11-12-29-17-24(20-3-5-21(6-4-20)26-18-30)32-25(29)27-22-7-9-23(10-8-22)28-13-15-31-16-14-28/h3-12,18-19,24H,13-17H2,1-2H3,(H,26,30)/b12-11+,27-25?. The lowest BCUT2D eigenvalue weighted by molar-refractivity contribution is -0.105. The molecule has 2 heterocycles. The van der Waals surface area contributed by atoms with E-state index in [1.54, 1.807) is 11.8 Å². The van der Waals surface area contributed by atoms with Gasteiger partial charge < -0.3 is 19.9 Å². The van der Waals surface area contributed by atoms with Gasteiger partial charge in [-0.05, 0) is 47.9 Å². The number of thioether (sulfide) groups is 1. The number of nitrogens with zero attached hydrogens (tertiary/aromatic N) is 3. The molecular weight excluding hydrogens is 420 g/mol. The SMILES string of the molecule is CC(C)/C=C/N1CC(c2ccc(NC=O)cc2)SC1=Nc1ccc(N2CCOCC2)cc1. The van der Waals surface area contributed by atoms with Gasteiger partial charge in [0.1, 0.15) is 0 Å². The van der Waals surface area contributed by atoms with E-state index in [1.807, 2.05) is 12.1 Å². The van der Waals surface area contributed by atoms with E-state index in [2.05, 4.69) is 77.6 Å². The highest BCUT2D eigenvalue weighted by molar-refractivity contribution is 8.14. The van der Waals surface area contributed by atoms with E-state index in [0.717, 1.165) is 49.4 Å². The predicted molar refractivity (Wildman–Crippen MR) is 134 cm³/mol. The first-order valence-electron chi connectivity index (χ1n) is 11.1. The normalized spacial score (nSPS) is 20.5. The molecule has 2 aromatic carbocycles. The number of rotatable bonds is 7. The summed E-state index contributed by atoms with van der Waals surface area (Å²) in [7, 11) is 0. The molecule has 2 aliphatic heterocycles. The molecule has 0 bridgehead atoms. The van der Waals surface area contributed by atoms with E-state index in [4.69, 9.17) is 9.73 Å². The fourth-order valence-corrected chi connectivity index (χ4v) is 4.90. The molecule has 2 fully saturated rings. The highest BCUT2D eigenvalue weighted by atomic mass is 32.2. The van der Waals surface area contributed by atoms with Crippen molar-refractivity contribution in [2.75, 3.05) is 43.1 Å². The Morgan fingerprint density at radius 1 is 1.09 bits per heavy atom. The molecule has 2 aromatic rings. The van der Waals surface area contributed by atoms with Crippen LogP contribution < -0.4 is 10.2 Å². The predicted octanol–water partition coefficient (Wildman–Crippen LogP) is 5.04. The average Bonchev–Trinajstić information content (AvgIpc) is 3.22. The van der Waals surface area contributed by atoms with Gasteiger partial charge in [0.05, 0.1) is 24.2 Å². The number of carbonyl (C=O) groups is 1. The number of benzene rings is 2. The maximum atomic E-state index is 10.7. The van der Waals surface area contributed by atoms with E-state index in [-0.39, 0.29) is 5.25 Å². The molecule has 4 rings (SSSR count). The first-order valence-corrected chi connectivity index (χ1v) is 11.9. The van der Waals surface area contributed by atoms with Crippen molar-refractivity contribution < 1.29 is 9.53 Å². The molecule has 32 heavy (non-hydrogen) atoms. The molecule has 0 spiro atoms. The number of nitrogens with one attached hydrogen (secondary N) is 1. The van der Waals surface area contributed by atoms with Crippen LogP contribution in [0, 0.1) is 5.92 Å². The third-order valence-electron chi connectivity index (χ3n) is 5.47. The van der Waals surface area contributed by atoms with Gasteiger partial charge in [-0.1, -0.05) is 43.8 Å². The summed E-state index contributed by atoms with van der Waals surface area (Å²) in [4.78, 5) is 20.2. The lowest BCUT2D eigenvalue weighted by Crippen LogP contribution is -2.36. The number of morpholine rings is 1. The van der Waals surface area contributed by atoms with Gasteiger partial charge >= 0.3 is 0 Å². The monoisotopic (exact) mass is 450 g/mol. The van der Waals surface area contributed by atoms with E-state index in [0.29, 0.717) is 12.3 Å². The first kappa shape index (κ1) is 22.4. The highest BCUT2D eigenvalue weighted by Crippen LogP contribution is 2.40. The van der Waals surface area contributed by atoms with E-state index in [1.165, 1.54) is 11.3 Å². The van der Waals surface area contributed by atoms with Gasteiger partial charge in [0.2, 0.25) is 6.41 Å². The summed E-state index contributed by atoms with van der Waals surface area (Å²) in [5, 5.41) is 3.98. The minimum Gasteiger partial charge on any atom is -0.378 e. The number of amidine groups is 1.